The predicted octanol–water partition coefficient (Wildman–Crippen LogP) is 1.51. The van der Waals surface area contributed by atoms with Crippen molar-refractivity contribution in [3.05, 3.63) is 0 Å². The summed E-state index contributed by atoms with van der Waals surface area (Å²) in [5.74, 6) is 0.767. The minimum absolute atomic E-state index is 0.0559. The third-order valence-corrected chi connectivity index (χ3v) is 5.05. The van der Waals surface area contributed by atoms with Crippen molar-refractivity contribution in [1.82, 2.24) is 4.90 Å². The maximum absolute atomic E-state index is 12.3. The number of hydrogen-bond donors (Lipinski definition) is 2. The molecule has 3 unspecified atom stereocenters. The number of carbonyl (C=O) groups excluding carboxylic acids is 1. The van der Waals surface area contributed by atoms with Crippen molar-refractivity contribution >= 4 is 5.91 Å². The quantitative estimate of drug-likeness (QED) is 0.815. The van der Waals surface area contributed by atoms with Gasteiger partial charge in [-0.2, -0.15) is 0 Å². The summed E-state index contributed by atoms with van der Waals surface area (Å²) in [7, 11) is 0. The smallest absolute Gasteiger partial charge is 0.224 e. The van der Waals surface area contributed by atoms with Crippen molar-refractivity contribution < 1.29 is 9.90 Å². The summed E-state index contributed by atoms with van der Waals surface area (Å²) >= 11 is 0. The average molecular weight is 268 g/mol. The molecule has 110 valence electrons. The van der Waals surface area contributed by atoms with Crippen LogP contribution in [0.15, 0.2) is 0 Å². The summed E-state index contributed by atoms with van der Waals surface area (Å²) in [6.45, 7) is 5.51. The Balaban J connectivity index is 1.91. The van der Waals surface area contributed by atoms with Gasteiger partial charge in [0.2, 0.25) is 5.91 Å². The zero-order valence-corrected chi connectivity index (χ0v) is 12.3. The highest BCUT2D eigenvalue weighted by atomic mass is 16.3. The lowest BCUT2D eigenvalue weighted by atomic mass is 9.71. The standard InChI is InChI=1S/C15H28N2O2/c1-11(2)13(16)9-14(18)17-8-7-15(19)6-4-3-5-12(15)10-17/h11-13,19H,3-10,16H2,1-2H3. The van der Waals surface area contributed by atoms with Crippen LogP contribution >= 0.6 is 0 Å². The second kappa shape index (κ2) is 5.80. The van der Waals surface area contributed by atoms with Crippen molar-refractivity contribution in [3.63, 3.8) is 0 Å². The van der Waals surface area contributed by atoms with Crippen LogP contribution < -0.4 is 5.73 Å². The Morgan fingerprint density at radius 2 is 2.16 bits per heavy atom. The van der Waals surface area contributed by atoms with Gasteiger partial charge in [0.25, 0.3) is 0 Å². The first-order valence-corrected chi connectivity index (χ1v) is 7.68. The fourth-order valence-corrected chi connectivity index (χ4v) is 3.36. The molecule has 1 aliphatic carbocycles. The number of amides is 1. The molecule has 1 saturated carbocycles. The van der Waals surface area contributed by atoms with Crippen LogP contribution in [-0.4, -0.2) is 40.6 Å². The summed E-state index contributed by atoms with van der Waals surface area (Å²) in [6, 6.07) is -0.0559. The first-order chi connectivity index (χ1) is 8.92. The highest BCUT2D eigenvalue weighted by Crippen LogP contribution is 2.39. The summed E-state index contributed by atoms with van der Waals surface area (Å²) in [4.78, 5) is 14.2. The summed E-state index contributed by atoms with van der Waals surface area (Å²) in [6.07, 6.45) is 5.44. The molecule has 4 heteroatoms. The molecule has 2 aliphatic rings. The molecular weight excluding hydrogens is 240 g/mol. The highest BCUT2D eigenvalue weighted by Gasteiger charge is 2.43. The molecule has 0 aromatic carbocycles. The molecule has 2 fully saturated rings. The largest absolute Gasteiger partial charge is 0.389 e. The first kappa shape index (κ1) is 14.8. The molecule has 0 spiro atoms. The lowest BCUT2D eigenvalue weighted by Gasteiger charge is -2.47. The van der Waals surface area contributed by atoms with Gasteiger partial charge in [0.1, 0.15) is 0 Å². The van der Waals surface area contributed by atoms with Gasteiger partial charge in [-0.05, 0) is 25.2 Å². The third kappa shape index (κ3) is 3.29. The molecule has 1 aliphatic heterocycles. The van der Waals surface area contributed by atoms with E-state index in [4.69, 9.17) is 5.73 Å². The number of piperidine rings is 1. The molecule has 0 aromatic rings. The number of aliphatic hydroxyl groups is 1. The van der Waals surface area contributed by atoms with Gasteiger partial charge >= 0.3 is 0 Å². The van der Waals surface area contributed by atoms with Gasteiger partial charge < -0.3 is 15.7 Å². The van der Waals surface area contributed by atoms with Crippen molar-refractivity contribution in [2.75, 3.05) is 13.1 Å². The van der Waals surface area contributed by atoms with E-state index < -0.39 is 5.60 Å². The maximum atomic E-state index is 12.3. The van der Waals surface area contributed by atoms with E-state index in [0.29, 0.717) is 18.9 Å². The minimum atomic E-state index is -0.505. The van der Waals surface area contributed by atoms with Crippen LogP contribution in [0.5, 0.6) is 0 Å². The van der Waals surface area contributed by atoms with Crippen LogP contribution in [0.1, 0.15) is 52.4 Å². The average Bonchev–Trinajstić information content (AvgIpc) is 2.37. The Bertz CT molecular complexity index is 332. The molecule has 3 N–H and O–H groups in total. The minimum Gasteiger partial charge on any atom is -0.389 e. The number of nitrogens with zero attached hydrogens (tertiary/aromatic N) is 1. The Morgan fingerprint density at radius 3 is 2.84 bits per heavy atom. The molecule has 0 radical (unpaired) electrons. The second-order valence-electron chi connectivity index (χ2n) is 6.75. The molecule has 4 nitrogen and oxygen atoms in total. The van der Waals surface area contributed by atoms with Crippen LogP contribution in [0, 0.1) is 11.8 Å². The summed E-state index contributed by atoms with van der Waals surface area (Å²) in [5.41, 5.74) is 5.48. The zero-order valence-electron chi connectivity index (χ0n) is 12.3. The van der Waals surface area contributed by atoms with Crippen molar-refractivity contribution in [3.8, 4) is 0 Å². The first-order valence-electron chi connectivity index (χ1n) is 7.68. The van der Waals surface area contributed by atoms with E-state index in [2.05, 4.69) is 0 Å². The summed E-state index contributed by atoms with van der Waals surface area (Å²) < 4.78 is 0. The van der Waals surface area contributed by atoms with Crippen LogP contribution in [-0.2, 0) is 4.79 Å². The van der Waals surface area contributed by atoms with Gasteiger partial charge in [0, 0.05) is 31.5 Å². The molecule has 1 saturated heterocycles. The Labute approximate surface area is 116 Å². The Kier molecular flexibility index (Phi) is 4.51. The highest BCUT2D eigenvalue weighted by molar-refractivity contribution is 5.77. The van der Waals surface area contributed by atoms with Gasteiger partial charge in [0.05, 0.1) is 5.60 Å². The van der Waals surface area contributed by atoms with E-state index in [0.717, 1.165) is 32.2 Å². The van der Waals surface area contributed by atoms with Crippen molar-refractivity contribution in [2.24, 2.45) is 17.6 Å². The van der Waals surface area contributed by atoms with E-state index in [-0.39, 0.29) is 17.9 Å². The number of nitrogens with two attached hydrogens (primary N) is 1. The number of hydrogen-bond acceptors (Lipinski definition) is 3. The number of fused-ring (bicyclic) bond motifs is 1. The number of rotatable bonds is 3. The van der Waals surface area contributed by atoms with E-state index in [1.54, 1.807) is 0 Å². The fourth-order valence-electron chi connectivity index (χ4n) is 3.36. The van der Waals surface area contributed by atoms with E-state index in [1.807, 2.05) is 18.7 Å². The molecule has 0 bridgehead atoms. The lowest BCUT2D eigenvalue weighted by molar-refractivity contribution is -0.143. The van der Waals surface area contributed by atoms with Crippen molar-refractivity contribution in [1.29, 1.82) is 0 Å². The fraction of sp³-hybridized carbons (Fsp3) is 0.933. The molecule has 1 heterocycles. The molecule has 2 rings (SSSR count). The predicted molar refractivity (Wildman–Crippen MR) is 75.5 cm³/mol. The SMILES string of the molecule is CC(C)C(N)CC(=O)N1CCC2(O)CCCCC2C1. The summed E-state index contributed by atoms with van der Waals surface area (Å²) in [5, 5.41) is 10.6. The van der Waals surface area contributed by atoms with E-state index in [9.17, 15) is 9.90 Å². The molecule has 3 atom stereocenters. The lowest BCUT2D eigenvalue weighted by Crippen LogP contribution is -2.55. The topological polar surface area (TPSA) is 66.6 Å². The van der Waals surface area contributed by atoms with Crippen LogP contribution in [0.4, 0.5) is 0 Å². The van der Waals surface area contributed by atoms with E-state index >= 15 is 0 Å². The number of carbonyl (C=O) groups is 1. The van der Waals surface area contributed by atoms with Crippen LogP contribution in [0.2, 0.25) is 0 Å². The van der Waals surface area contributed by atoms with Crippen LogP contribution in [0.3, 0.4) is 0 Å². The molecular formula is C15H28N2O2. The van der Waals surface area contributed by atoms with Crippen molar-refractivity contribution in [2.45, 2.75) is 64.0 Å². The number of likely N-dealkylation sites (tertiary alicyclic amines) is 1. The second-order valence-corrected chi connectivity index (χ2v) is 6.75. The molecule has 0 aromatic heterocycles. The van der Waals surface area contributed by atoms with E-state index in [1.165, 1.54) is 6.42 Å². The van der Waals surface area contributed by atoms with Gasteiger partial charge in [-0.15, -0.1) is 0 Å². The zero-order chi connectivity index (χ0) is 14.0. The van der Waals surface area contributed by atoms with Gasteiger partial charge in [-0.3, -0.25) is 4.79 Å². The normalized spacial score (nSPS) is 33.1. The van der Waals surface area contributed by atoms with Gasteiger partial charge in [-0.25, -0.2) is 0 Å². The third-order valence-electron chi connectivity index (χ3n) is 5.05. The molecule has 19 heavy (non-hydrogen) atoms. The Morgan fingerprint density at radius 1 is 1.42 bits per heavy atom. The molecule has 1 amide bonds. The van der Waals surface area contributed by atoms with Crippen LogP contribution in [0.25, 0.3) is 0 Å². The van der Waals surface area contributed by atoms with Gasteiger partial charge in [0.15, 0.2) is 0 Å². The maximum Gasteiger partial charge on any atom is 0.224 e. The Hall–Kier alpha value is -0.610. The van der Waals surface area contributed by atoms with Gasteiger partial charge in [-0.1, -0.05) is 26.7 Å². The monoisotopic (exact) mass is 268 g/mol.